The molecule has 3 nitrogen and oxygen atoms in total. The van der Waals surface area contributed by atoms with Crippen LogP contribution in [-0.4, -0.2) is 5.78 Å². The lowest BCUT2D eigenvalue weighted by atomic mass is 9.78. The summed E-state index contributed by atoms with van der Waals surface area (Å²) in [6, 6.07) is 5.49. The average molecular weight is 217 g/mol. The molecule has 0 spiro atoms. The first kappa shape index (κ1) is 10.9. The van der Waals surface area contributed by atoms with E-state index in [0.717, 1.165) is 0 Å². The van der Waals surface area contributed by atoms with Crippen molar-refractivity contribution in [3.63, 3.8) is 0 Å². The number of nitrogens with zero attached hydrogens (tertiary/aromatic N) is 1. The summed E-state index contributed by atoms with van der Waals surface area (Å²) in [5.74, 6) is -0.116. The van der Waals surface area contributed by atoms with Gasteiger partial charge in [-0.15, -0.1) is 0 Å². The van der Waals surface area contributed by atoms with Gasteiger partial charge in [-0.25, -0.2) is 0 Å². The van der Waals surface area contributed by atoms with Crippen LogP contribution < -0.4 is 9.67 Å². The highest BCUT2D eigenvalue weighted by Gasteiger charge is 2.34. The normalized spacial score (nSPS) is 20.0. The van der Waals surface area contributed by atoms with E-state index in [-0.39, 0.29) is 17.0 Å². The van der Waals surface area contributed by atoms with Crippen LogP contribution in [0.2, 0.25) is 0 Å². The quantitative estimate of drug-likeness (QED) is 0.656. The lowest BCUT2D eigenvalue weighted by Gasteiger charge is -2.31. The molecule has 0 radical (unpaired) electrons. The zero-order chi connectivity index (χ0) is 11.8. The Balaban J connectivity index is 2.45. The van der Waals surface area contributed by atoms with Gasteiger partial charge in [0.1, 0.15) is 0 Å². The van der Waals surface area contributed by atoms with Crippen molar-refractivity contribution in [2.24, 2.45) is 5.41 Å². The fraction of sp³-hybridized carbons (Fsp3) is 0.385. The van der Waals surface area contributed by atoms with E-state index in [9.17, 15) is 9.90 Å². The Morgan fingerprint density at radius 2 is 1.81 bits per heavy atom. The van der Waals surface area contributed by atoms with Crippen molar-refractivity contribution in [1.29, 1.82) is 0 Å². The predicted molar refractivity (Wildman–Crippen MR) is 57.9 cm³/mol. The second-order valence-corrected chi connectivity index (χ2v) is 5.00. The molecule has 1 heterocycles. The topological polar surface area (TPSA) is 44.0 Å². The minimum atomic E-state index is -0.201. The van der Waals surface area contributed by atoms with Crippen LogP contribution in [0.3, 0.4) is 0 Å². The molecule has 1 aliphatic carbocycles. The maximum absolute atomic E-state index is 11.9. The first-order valence-electron chi connectivity index (χ1n) is 5.40. The number of carbonyl (C=O) groups excluding carboxylic acids is 1. The summed E-state index contributed by atoms with van der Waals surface area (Å²) >= 11 is 0. The third kappa shape index (κ3) is 1.98. The largest absolute Gasteiger partial charge is 0.871 e. The van der Waals surface area contributed by atoms with Crippen LogP contribution in [0.25, 0.3) is 5.70 Å². The van der Waals surface area contributed by atoms with E-state index in [1.807, 2.05) is 32.0 Å². The smallest absolute Gasteiger partial charge is 0.242 e. The van der Waals surface area contributed by atoms with Crippen LogP contribution in [0.4, 0.5) is 0 Å². The lowest BCUT2D eigenvalue weighted by Crippen LogP contribution is -2.43. The van der Waals surface area contributed by atoms with E-state index < -0.39 is 0 Å². The number of hydrogen-bond acceptors (Lipinski definition) is 2. The number of rotatable bonds is 1. The molecular formula is C13H15NO2. The van der Waals surface area contributed by atoms with Crippen molar-refractivity contribution < 1.29 is 14.5 Å². The monoisotopic (exact) mass is 217 g/mol. The van der Waals surface area contributed by atoms with Gasteiger partial charge in [0.15, 0.2) is 12.4 Å². The molecule has 16 heavy (non-hydrogen) atoms. The first-order chi connectivity index (χ1) is 7.49. The number of aromatic nitrogens is 1. The number of pyridine rings is 1. The Bertz CT molecular complexity index is 446. The number of Topliss-reactive ketones (excluding diaryl/α,β-unsaturated/α-hetero) is 1. The van der Waals surface area contributed by atoms with Gasteiger partial charge in [-0.05, 0) is 11.8 Å². The van der Waals surface area contributed by atoms with Crippen LogP contribution in [0.15, 0.2) is 36.4 Å². The molecule has 1 aromatic rings. The van der Waals surface area contributed by atoms with Gasteiger partial charge in [0, 0.05) is 18.6 Å². The van der Waals surface area contributed by atoms with E-state index in [1.165, 1.54) is 0 Å². The number of hydrogen-bond donors (Lipinski definition) is 0. The Morgan fingerprint density at radius 3 is 2.38 bits per heavy atom. The van der Waals surface area contributed by atoms with Gasteiger partial charge in [-0.1, -0.05) is 25.7 Å². The second kappa shape index (κ2) is 3.74. The van der Waals surface area contributed by atoms with E-state index in [1.54, 1.807) is 17.0 Å². The van der Waals surface area contributed by atoms with Gasteiger partial charge in [0.2, 0.25) is 11.5 Å². The van der Waals surface area contributed by atoms with Gasteiger partial charge in [0.05, 0.1) is 0 Å². The zero-order valence-corrected chi connectivity index (χ0v) is 9.56. The Hall–Kier alpha value is -1.64. The molecule has 2 rings (SSSR count). The first-order valence-corrected chi connectivity index (χ1v) is 5.40. The number of ketones is 1. The second-order valence-electron chi connectivity index (χ2n) is 5.00. The van der Waals surface area contributed by atoms with Gasteiger partial charge >= 0.3 is 0 Å². The third-order valence-electron chi connectivity index (χ3n) is 2.78. The van der Waals surface area contributed by atoms with Crippen molar-refractivity contribution in [1.82, 2.24) is 0 Å². The van der Waals surface area contributed by atoms with Crippen molar-refractivity contribution in [2.45, 2.75) is 26.7 Å². The van der Waals surface area contributed by atoms with Gasteiger partial charge in [0.25, 0.3) is 0 Å². The summed E-state index contributed by atoms with van der Waals surface area (Å²) in [5.41, 5.74) is 0.104. The van der Waals surface area contributed by atoms with Crippen LogP contribution in [-0.2, 0) is 4.79 Å². The molecule has 0 saturated carbocycles. The van der Waals surface area contributed by atoms with Crippen molar-refractivity contribution in [2.75, 3.05) is 0 Å². The molecular weight excluding hydrogens is 202 g/mol. The molecule has 0 aromatic carbocycles. The van der Waals surface area contributed by atoms with Crippen molar-refractivity contribution in [3.05, 3.63) is 36.4 Å². The lowest BCUT2D eigenvalue weighted by molar-refractivity contribution is -0.583. The van der Waals surface area contributed by atoms with Gasteiger partial charge in [-0.3, -0.25) is 4.79 Å². The summed E-state index contributed by atoms with van der Waals surface area (Å²) in [6.45, 7) is 3.91. The zero-order valence-electron chi connectivity index (χ0n) is 9.56. The molecule has 0 N–H and O–H groups in total. The molecule has 0 bridgehead atoms. The maximum Gasteiger partial charge on any atom is 0.242 e. The molecule has 0 unspecified atom stereocenters. The maximum atomic E-state index is 11.9. The van der Waals surface area contributed by atoms with E-state index >= 15 is 0 Å². The molecule has 84 valence electrons. The van der Waals surface area contributed by atoms with Crippen molar-refractivity contribution >= 4 is 11.5 Å². The fourth-order valence-corrected chi connectivity index (χ4v) is 2.09. The van der Waals surface area contributed by atoms with Crippen molar-refractivity contribution in [3.8, 4) is 0 Å². The van der Waals surface area contributed by atoms with E-state index in [4.69, 9.17) is 0 Å². The summed E-state index contributed by atoms with van der Waals surface area (Å²) < 4.78 is 1.62. The Morgan fingerprint density at radius 1 is 1.19 bits per heavy atom. The summed E-state index contributed by atoms with van der Waals surface area (Å²) in [5, 5.41) is 11.9. The Labute approximate surface area is 95.0 Å². The third-order valence-corrected chi connectivity index (χ3v) is 2.78. The van der Waals surface area contributed by atoms with E-state index in [2.05, 4.69) is 0 Å². The Kier molecular flexibility index (Phi) is 2.54. The highest BCUT2D eigenvalue weighted by molar-refractivity contribution is 6.12. The summed E-state index contributed by atoms with van der Waals surface area (Å²) in [7, 11) is 0. The van der Waals surface area contributed by atoms with Gasteiger partial charge < -0.3 is 5.11 Å². The average Bonchev–Trinajstić information content (AvgIpc) is 2.16. The molecule has 0 saturated heterocycles. The standard InChI is InChI=1S/C13H15NO2/c1-13(2)8-10(15)12(11(16)9-13)14-6-4-3-5-7-14/h3-7H,8-9H2,1-2H3. The summed E-state index contributed by atoms with van der Waals surface area (Å²) in [6.07, 6.45) is 4.36. The molecule has 1 aromatic heterocycles. The van der Waals surface area contributed by atoms with Crippen LogP contribution in [0.5, 0.6) is 0 Å². The van der Waals surface area contributed by atoms with Crippen LogP contribution in [0, 0.1) is 5.41 Å². The molecule has 0 atom stereocenters. The minimum Gasteiger partial charge on any atom is -0.871 e. The molecule has 3 heteroatoms. The number of carbonyl (C=O) groups is 1. The highest BCUT2D eigenvalue weighted by Crippen LogP contribution is 2.34. The van der Waals surface area contributed by atoms with Crippen LogP contribution in [0.1, 0.15) is 26.7 Å². The molecule has 0 fully saturated rings. The molecule has 0 amide bonds. The van der Waals surface area contributed by atoms with Crippen LogP contribution >= 0.6 is 0 Å². The van der Waals surface area contributed by atoms with E-state index in [0.29, 0.717) is 18.5 Å². The molecule has 1 aliphatic rings. The predicted octanol–water partition coefficient (Wildman–Crippen LogP) is 0.892. The minimum absolute atomic E-state index is 0.0579. The van der Waals surface area contributed by atoms with Gasteiger partial charge in [-0.2, -0.15) is 4.57 Å². The fourth-order valence-electron chi connectivity index (χ4n) is 2.09. The number of allylic oxidation sites excluding steroid dienone is 2. The SMILES string of the molecule is CC1(C)CC(=O)C([n+]2ccccc2)=C([O-])C1. The summed E-state index contributed by atoms with van der Waals surface area (Å²) in [4.78, 5) is 11.9. The molecule has 0 aliphatic heterocycles. The highest BCUT2D eigenvalue weighted by atomic mass is 16.3.